The summed E-state index contributed by atoms with van der Waals surface area (Å²) in [6.07, 6.45) is 6.58. The van der Waals surface area contributed by atoms with E-state index in [9.17, 15) is 4.79 Å². The zero-order valence-corrected chi connectivity index (χ0v) is 17.7. The van der Waals surface area contributed by atoms with Crippen molar-refractivity contribution in [2.75, 3.05) is 13.1 Å². The number of hydrogen-bond donors (Lipinski definition) is 1. The fourth-order valence-corrected chi connectivity index (χ4v) is 5.37. The van der Waals surface area contributed by atoms with Gasteiger partial charge in [-0.2, -0.15) is 0 Å². The molecule has 0 saturated carbocycles. The van der Waals surface area contributed by atoms with E-state index in [4.69, 9.17) is 11.6 Å². The van der Waals surface area contributed by atoms with Crippen molar-refractivity contribution in [2.45, 2.75) is 70.9 Å². The Hall–Kier alpha value is -1.59. The summed E-state index contributed by atoms with van der Waals surface area (Å²) in [5.74, 6) is 1.94. The second-order valence-electron chi connectivity index (χ2n) is 8.46. The molecule has 6 heteroatoms. The van der Waals surface area contributed by atoms with Gasteiger partial charge in [-0.3, -0.25) is 9.69 Å². The normalized spacial score (nSPS) is 24.3. The van der Waals surface area contributed by atoms with Crippen LogP contribution < -0.4 is 5.56 Å². The number of unbranched alkanes of at least 4 members (excludes halogenated alkanes) is 1. The van der Waals surface area contributed by atoms with Crippen molar-refractivity contribution in [3.8, 4) is 0 Å². The van der Waals surface area contributed by atoms with E-state index in [1.54, 1.807) is 6.07 Å². The molecule has 28 heavy (non-hydrogen) atoms. The number of nitrogens with one attached hydrogen (secondary N) is 1. The van der Waals surface area contributed by atoms with E-state index in [-0.39, 0.29) is 5.56 Å². The molecular weight excluding hydrogens is 372 g/mol. The van der Waals surface area contributed by atoms with Crippen LogP contribution in [0.4, 0.5) is 0 Å². The van der Waals surface area contributed by atoms with Crippen LogP contribution in [0.5, 0.6) is 0 Å². The molecule has 0 aromatic carbocycles. The van der Waals surface area contributed by atoms with Crippen LogP contribution in [0.3, 0.4) is 0 Å². The van der Waals surface area contributed by atoms with Gasteiger partial charge in [0, 0.05) is 49.8 Å². The standard InChI is InChI=1S/C22H31ClN4O/c1-3-5-9-20-24-17(22(23)25-20)14-26-12-15-11-16(13-26)19-8-6-10-21(28)27(19)18(15)7-4-2/h6,8,10,15-16,18H,3-5,7,9,11-14H2,1-2H3,(H,24,25)/t15-,16+,18-/m0/s1. The van der Waals surface area contributed by atoms with E-state index < -0.39 is 0 Å². The van der Waals surface area contributed by atoms with Crippen molar-refractivity contribution in [1.82, 2.24) is 19.4 Å². The average molecular weight is 403 g/mol. The molecule has 0 spiro atoms. The first-order chi connectivity index (χ1) is 13.6. The van der Waals surface area contributed by atoms with Crippen molar-refractivity contribution in [3.05, 3.63) is 50.9 Å². The lowest BCUT2D eigenvalue weighted by Gasteiger charge is -2.47. The van der Waals surface area contributed by atoms with E-state index in [1.807, 2.05) is 6.07 Å². The van der Waals surface area contributed by atoms with Crippen molar-refractivity contribution in [3.63, 3.8) is 0 Å². The molecule has 2 aromatic rings. The summed E-state index contributed by atoms with van der Waals surface area (Å²) in [6.45, 7) is 7.19. The molecule has 1 fully saturated rings. The third-order valence-electron chi connectivity index (χ3n) is 6.38. The molecule has 3 atom stereocenters. The summed E-state index contributed by atoms with van der Waals surface area (Å²) in [5.41, 5.74) is 2.41. The van der Waals surface area contributed by atoms with Crippen molar-refractivity contribution in [1.29, 1.82) is 0 Å². The highest BCUT2D eigenvalue weighted by molar-refractivity contribution is 6.30. The largest absolute Gasteiger partial charge is 0.344 e. The maximum absolute atomic E-state index is 12.6. The third kappa shape index (κ3) is 3.79. The smallest absolute Gasteiger partial charge is 0.250 e. The number of imidazole rings is 1. The summed E-state index contributed by atoms with van der Waals surface area (Å²) in [5, 5.41) is 0.614. The van der Waals surface area contributed by atoms with Crippen molar-refractivity contribution in [2.24, 2.45) is 5.92 Å². The second kappa shape index (κ2) is 8.42. The minimum atomic E-state index is 0.163. The first-order valence-electron chi connectivity index (χ1n) is 10.8. The molecule has 2 aliphatic rings. The van der Waals surface area contributed by atoms with Gasteiger partial charge in [-0.25, -0.2) is 4.98 Å². The van der Waals surface area contributed by atoms with E-state index in [0.29, 0.717) is 23.0 Å². The van der Waals surface area contributed by atoms with Crippen LogP contribution in [0.25, 0.3) is 0 Å². The van der Waals surface area contributed by atoms with Crippen LogP contribution in [0.2, 0.25) is 5.15 Å². The number of pyridine rings is 1. The third-order valence-corrected chi connectivity index (χ3v) is 6.70. The molecule has 0 radical (unpaired) electrons. The van der Waals surface area contributed by atoms with Crippen LogP contribution in [0.1, 0.15) is 75.1 Å². The van der Waals surface area contributed by atoms with Crippen molar-refractivity contribution >= 4 is 11.6 Å². The lowest BCUT2D eigenvalue weighted by atomic mass is 9.77. The average Bonchev–Trinajstić information content (AvgIpc) is 3.03. The fourth-order valence-electron chi connectivity index (χ4n) is 5.16. The Morgan fingerprint density at radius 1 is 1.25 bits per heavy atom. The zero-order valence-electron chi connectivity index (χ0n) is 17.0. The summed E-state index contributed by atoms with van der Waals surface area (Å²) in [6, 6.07) is 6.10. The molecule has 2 aromatic heterocycles. The molecule has 1 saturated heterocycles. The van der Waals surface area contributed by atoms with E-state index >= 15 is 0 Å². The van der Waals surface area contributed by atoms with Gasteiger partial charge >= 0.3 is 0 Å². The number of piperidine rings is 1. The summed E-state index contributed by atoms with van der Waals surface area (Å²) in [4.78, 5) is 23.1. The number of aryl methyl sites for hydroxylation is 1. The first kappa shape index (κ1) is 19.7. The van der Waals surface area contributed by atoms with Crippen LogP contribution in [-0.2, 0) is 13.0 Å². The van der Waals surface area contributed by atoms with Gasteiger partial charge in [0.1, 0.15) is 5.82 Å². The number of hydrogen-bond acceptors (Lipinski definition) is 3. The number of aromatic nitrogens is 3. The summed E-state index contributed by atoms with van der Waals surface area (Å²) in [7, 11) is 0. The first-order valence-corrected chi connectivity index (χ1v) is 11.2. The Labute approximate surface area is 172 Å². The van der Waals surface area contributed by atoms with Gasteiger partial charge in [0.2, 0.25) is 0 Å². The Morgan fingerprint density at radius 3 is 2.89 bits per heavy atom. The van der Waals surface area contributed by atoms with Gasteiger partial charge in [0.25, 0.3) is 5.56 Å². The number of rotatable bonds is 7. The van der Waals surface area contributed by atoms with E-state index in [1.165, 1.54) is 12.1 Å². The van der Waals surface area contributed by atoms with Gasteiger partial charge < -0.3 is 9.55 Å². The molecule has 0 amide bonds. The van der Waals surface area contributed by atoms with Gasteiger partial charge in [-0.05, 0) is 31.2 Å². The number of H-pyrrole nitrogens is 1. The molecule has 2 aliphatic heterocycles. The molecule has 2 bridgehead atoms. The van der Waals surface area contributed by atoms with Gasteiger partial charge in [-0.1, -0.05) is 44.4 Å². The monoisotopic (exact) mass is 402 g/mol. The second-order valence-corrected chi connectivity index (χ2v) is 8.82. The number of likely N-dealkylation sites (tertiary alicyclic amines) is 1. The Morgan fingerprint density at radius 2 is 2.11 bits per heavy atom. The quantitative estimate of drug-likeness (QED) is 0.740. The topological polar surface area (TPSA) is 53.9 Å². The molecule has 0 aliphatic carbocycles. The molecule has 1 N–H and O–H groups in total. The van der Waals surface area contributed by atoms with E-state index in [0.717, 1.165) is 63.3 Å². The van der Waals surface area contributed by atoms with Crippen LogP contribution >= 0.6 is 11.6 Å². The molecule has 0 unspecified atom stereocenters. The fraction of sp³-hybridized carbons (Fsp3) is 0.636. The number of aromatic amines is 1. The molecule has 5 nitrogen and oxygen atoms in total. The van der Waals surface area contributed by atoms with Gasteiger partial charge in [0.15, 0.2) is 5.15 Å². The predicted octanol–water partition coefficient (Wildman–Crippen LogP) is 4.53. The van der Waals surface area contributed by atoms with Gasteiger partial charge in [-0.15, -0.1) is 0 Å². The zero-order chi connectivity index (χ0) is 19.7. The van der Waals surface area contributed by atoms with Crippen LogP contribution in [0, 0.1) is 5.92 Å². The molecule has 4 rings (SSSR count). The molecule has 152 valence electrons. The SMILES string of the molecule is CCCCc1nc(Cl)c(CN2C[C@H]3C[C@@H](C2)[C@H](CCC)n2c3cccc2=O)[nH]1. The molecular formula is C22H31ClN4O. The number of halogens is 1. The Kier molecular flexibility index (Phi) is 5.93. The highest BCUT2D eigenvalue weighted by atomic mass is 35.5. The highest BCUT2D eigenvalue weighted by Crippen LogP contribution is 2.43. The lowest BCUT2D eigenvalue weighted by Crippen LogP contribution is -2.49. The number of nitrogens with zero attached hydrogens (tertiary/aromatic N) is 3. The van der Waals surface area contributed by atoms with Gasteiger partial charge in [0.05, 0.1) is 5.69 Å². The van der Waals surface area contributed by atoms with Crippen LogP contribution in [-0.4, -0.2) is 32.5 Å². The minimum Gasteiger partial charge on any atom is -0.344 e. The Balaban J connectivity index is 1.56. The predicted molar refractivity (Wildman–Crippen MR) is 113 cm³/mol. The minimum absolute atomic E-state index is 0.163. The number of fused-ring (bicyclic) bond motifs is 4. The maximum atomic E-state index is 12.6. The molecule has 4 heterocycles. The van der Waals surface area contributed by atoms with Crippen molar-refractivity contribution < 1.29 is 0 Å². The lowest BCUT2D eigenvalue weighted by molar-refractivity contribution is 0.0810. The highest BCUT2D eigenvalue weighted by Gasteiger charge is 2.40. The van der Waals surface area contributed by atoms with E-state index in [2.05, 4.69) is 39.3 Å². The Bertz CT molecular complexity index is 874. The van der Waals surface area contributed by atoms with Crippen LogP contribution in [0.15, 0.2) is 23.0 Å². The maximum Gasteiger partial charge on any atom is 0.250 e. The summed E-state index contributed by atoms with van der Waals surface area (Å²) < 4.78 is 2.10. The summed E-state index contributed by atoms with van der Waals surface area (Å²) >= 11 is 6.43.